The number of hydrogen-bond acceptors (Lipinski definition) is 2. The Kier molecular flexibility index (Phi) is 5.51. The van der Waals surface area contributed by atoms with Crippen molar-refractivity contribution in [1.29, 1.82) is 0 Å². The van der Waals surface area contributed by atoms with Crippen LogP contribution in [0.1, 0.15) is 0 Å². The summed E-state index contributed by atoms with van der Waals surface area (Å²) in [6.07, 6.45) is 0. The van der Waals surface area contributed by atoms with Crippen LogP contribution in [0.25, 0.3) is 44.2 Å². The third-order valence-corrected chi connectivity index (χ3v) is 11.0. The molecule has 0 fully saturated rings. The van der Waals surface area contributed by atoms with Gasteiger partial charge >= 0.3 is 0 Å². The fraction of sp³-hybridized carbons (Fsp3) is 0. The minimum Gasteiger partial charge on any atom is -0.456 e. The Balaban J connectivity index is 1.29. The van der Waals surface area contributed by atoms with Crippen LogP contribution in [0.5, 0.6) is 23.0 Å². The Hall–Kier alpha value is -5.17. The fourth-order valence-electron chi connectivity index (χ4n) is 6.44. The largest absolute Gasteiger partial charge is 0.456 e. The highest BCUT2D eigenvalue weighted by Gasteiger charge is 2.38. The predicted molar refractivity (Wildman–Crippen MR) is 179 cm³/mol. The molecular formula is C40H25O2P. The number of ether oxygens (including phenoxy) is 2. The molecule has 1 unspecified atom stereocenters. The zero-order chi connectivity index (χ0) is 28.3. The standard InChI is InChI=1S/C40H25O2P/c1-3-11-26(12-4-1)29-20-21-34-38(25-29)43-39-33-18-8-7-15-28(33)19-22-35(39)42-37-24-30(23-36(41-34)40(37)43)32-17-10-9-16-31(32)27-13-5-2-6-14-27/h1-25H. The summed E-state index contributed by atoms with van der Waals surface area (Å²) >= 11 is 0. The molecule has 0 N–H and O–H groups in total. The summed E-state index contributed by atoms with van der Waals surface area (Å²) in [7, 11) is -0.940. The molecule has 0 aliphatic carbocycles. The molecule has 2 heterocycles. The van der Waals surface area contributed by atoms with E-state index in [1.807, 2.05) is 0 Å². The normalized spacial score (nSPS) is 14.2. The van der Waals surface area contributed by atoms with E-state index in [1.165, 1.54) is 43.6 Å². The summed E-state index contributed by atoms with van der Waals surface area (Å²) < 4.78 is 13.6. The number of hydrogen-bond donors (Lipinski definition) is 0. The molecule has 7 aromatic rings. The zero-order valence-electron chi connectivity index (χ0n) is 23.2. The second kappa shape index (κ2) is 9.70. The van der Waals surface area contributed by atoms with Crippen molar-refractivity contribution in [2.24, 2.45) is 0 Å². The minimum absolute atomic E-state index is 0.875. The molecule has 0 spiro atoms. The van der Waals surface area contributed by atoms with E-state index in [9.17, 15) is 0 Å². The fourth-order valence-corrected chi connectivity index (χ4v) is 9.20. The molecule has 0 saturated carbocycles. The quantitative estimate of drug-likeness (QED) is 0.198. The number of benzene rings is 7. The molecule has 2 aliphatic rings. The van der Waals surface area contributed by atoms with E-state index in [4.69, 9.17) is 9.47 Å². The first-order valence-corrected chi connectivity index (χ1v) is 15.9. The van der Waals surface area contributed by atoms with Gasteiger partial charge in [-0.3, -0.25) is 0 Å². The van der Waals surface area contributed by atoms with Gasteiger partial charge in [0.15, 0.2) is 0 Å². The van der Waals surface area contributed by atoms with Gasteiger partial charge in [0.1, 0.15) is 23.0 Å². The van der Waals surface area contributed by atoms with Gasteiger partial charge in [0.2, 0.25) is 0 Å². The van der Waals surface area contributed by atoms with Crippen LogP contribution in [0.3, 0.4) is 0 Å². The maximum absolute atomic E-state index is 6.81. The molecule has 2 nitrogen and oxygen atoms in total. The SMILES string of the molecule is c1ccc(-c2ccc3c(c2)P2c4c(cc(-c5ccccc5-c5ccccc5)cc4Oc4ccc5ccccc5c42)O3)cc1. The molecule has 43 heavy (non-hydrogen) atoms. The lowest BCUT2D eigenvalue weighted by atomic mass is 9.94. The summed E-state index contributed by atoms with van der Waals surface area (Å²) in [5.74, 6) is 3.59. The highest BCUT2D eigenvalue weighted by molar-refractivity contribution is 7.81. The number of fused-ring (bicyclic) bond motifs is 6. The van der Waals surface area contributed by atoms with Gasteiger partial charge < -0.3 is 9.47 Å². The maximum Gasteiger partial charge on any atom is 0.140 e. The molecular weight excluding hydrogens is 543 g/mol. The molecule has 202 valence electrons. The average molecular weight is 569 g/mol. The average Bonchev–Trinajstić information content (AvgIpc) is 3.08. The third kappa shape index (κ3) is 3.91. The second-order valence-corrected chi connectivity index (χ2v) is 13.0. The number of rotatable bonds is 3. The first-order valence-electron chi connectivity index (χ1n) is 14.5. The Labute approximate surface area is 251 Å². The second-order valence-electron chi connectivity index (χ2n) is 11.0. The van der Waals surface area contributed by atoms with Gasteiger partial charge in [-0.15, -0.1) is 0 Å². The zero-order valence-corrected chi connectivity index (χ0v) is 24.1. The first kappa shape index (κ1) is 24.4. The molecule has 0 saturated heterocycles. The Morgan fingerprint density at radius 1 is 0.372 bits per heavy atom. The van der Waals surface area contributed by atoms with Crippen molar-refractivity contribution in [3.05, 3.63) is 152 Å². The Morgan fingerprint density at radius 2 is 0.977 bits per heavy atom. The molecule has 1 atom stereocenters. The van der Waals surface area contributed by atoms with Gasteiger partial charge in [-0.05, 0) is 74.5 Å². The highest BCUT2D eigenvalue weighted by atomic mass is 31.1. The van der Waals surface area contributed by atoms with E-state index < -0.39 is 7.92 Å². The molecule has 0 aromatic heterocycles. The van der Waals surface area contributed by atoms with Crippen molar-refractivity contribution >= 4 is 34.6 Å². The van der Waals surface area contributed by atoms with Crippen molar-refractivity contribution < 1.29 is 9.47 Å². The highest BCUT2D eigenvalue weighted by Crippen LogP contribution is 2.55. The van der Waals surface area contributed by atoms with E-state index in [0.29, 0.717) is 0 Å². The third-order valence-electron chi connectivity index (χ3n) is 8.42. The topological polar surface area (TPSA) is 18.5 Å². The summed E-state index contributed by atoms with van der Waals surface area (Å²) in [6.45, 7) is 0. The lowest BCUT2D eigenvalue weighted by Crippen LogP contribution is -2.32. The molecule has 3 heteroatoms. The molecule has 7 aromatic carbocycles. The van der Waals surface area contributed by atoms with Crippen molar-refractivity contribution in [2.45, 2.75) is 0 Å². The van der Waals surface area contributed by atoms with Gasteiger partial charge in [0.05, 0.1) is 5.30 Å². The van der Waals surface area contributed by atoms with Gasteiger partial charge in [-0.25, -0.2) is 0 Å². The lowest BCUT2D eigenvalue weighted by Gasteiger charge is -2.36. The smallest absolute Gasteiger partial charge is 0.140 e. The van der Waals surface area contributed by atoms with E-state index in [2.05, 4.69) is 152 Å². The van der Waals surface area contributed by atoms with Gasteiger partial charge in [0.25, 0.3) is 0 Å². The van der Waals surface area contributed by atoms with E-state index in [-0.39, 0.29) is 0 Å². The van der Waals surface area contributed by atoms with Gasteiger partial charge in [-0.2, -0.15) is 0 Å². The Morgan fingerprint density at radius 3 is 1.74 bits per heavy atom. The van der Waals surface area contributed by atoms with Crippen molar-refractivity contribution in [3.63, 3.8) is 0 Å². The van der Waals surface area contributed by atoms with Crippen LogP contribution in [-0.4, -0.2) is 0 Å². The molecule has 0 amide bonds. The summed E-state index contributed by atoms with van der Waals surface area (Å²) in [5, 5.41) is 6.09. The van der Waals surface area contributed by atoms with Crippen LogP contribution in [-0.2, 0) is 0 Å². The van der Waals surface area contributed by atoms with Crippen LogP contribution in [0.2, 0.25) is 0 Å². The summed E-state index contributed by atoms with van der Waals surface area (Å²) in [4.78, 5) is 0. The first-order chi connectivity index (χ1) is 21.3. The lowest BCUT2D eigenvalue weighted by molar-refractivity contribution is 0.467. The van der Waals surface area contributed by atoms with Crippen LogP contribution >= 0.6 is 7.92 Å². The van der Waals surface area contributed by atoms with Crippen LogP contribution in [0.15, 0.2) is 152 Å². The maximum atomic E-state index is 6.81. The van der Waals surface area contributed by atoms with Crippen molar-refractivity contribution in [3.8, 4) is 56.4 Å². The van der Waals surface area contributed by atoms with E-state index >= 15 is 0 Å². The predicted octanol–water partition coefficient (Wildman–Crippen LogP) is 9.81. The molecule has 0 bridgehead atoms. The molecule has 0 radical (unpaired) electrons. The molecule has 2 aliphatic heterocycles. The van der Waals surface area contributed by atoms with E-state index in [1.54, 1.807) is 0 Å². The van der Waals surface area contributed by atoms with Crippen LogP contribution in [0.4, 0.5) is 0 Å². The summed E-state index contributed by atoms with van der Waals surface area (Å²) in [5.41, 5.74) is 6.99. The van der Waals surface area contributed by atoms with Gasteiger partial charge in [0, 0.05) is 18.5 Å². The monoisotopic (exact) mass is 568 g/mol. The van der Waals surface area contributed by atoms with Crippen LogP contribution < -0.4 is 25.4 Å². The Bertz CT molecular complexity index is 2170. The molecule has 9 rings (SSSR count). The van der Waals surface area contributed by atoms with Crippen molar-refractivity contribution in [2.75, 3.05) is 0 Å². The minimum atomic E-state index is -0.940. The van der Waals surface area contributed by atoms with Gasteiger partial charge in [-0.1, -0.05) is 121 Å². The summed E-state index contributed by atoms with van der Waals surface area (Å²) in [6, 6.07) is 53.7. The van der Waals surface area contributed by atoms with Crippen molar-refractivity contribution in [1.82, 2.24) is 0 Å². The van der Waals surface area contributed by atoms with E-state index in [0.717, 1.165) is 39.4 Å². The van der Waals surface area contributed by atoms with Crippen LogP contribution in [0, 0.1) is 0 Å².